The first-order valence-corrected chi connectivity index (χ1v) is 18.8. The van der Waals surface area contributed by atoms with Crippen LogP contribution in [0.4, 0.5) is 8.78 Å². The van der Waals surface area contributed by atoms with Crippen molar-refractivity contribution in [3.05, 3.63) is 132 Å². The van der Waals surface area contributed by atoms with E-state index in [0.717, 1.165) is 74.2 Å². The lowest BCUT2D eigenvalue weighted by Crippen LogP contribution is -2.29. The van der Waals surface area contributed by atoms with Crippen molar-refractivity contribution in [2.75, 3.05) is 0 Å². The van der Waals surface area contributed by atoms with Crippen LogP contribution in [0, 0.1) is 34.2 Å². The van der Waals surface area contributed by atoms with E-state index in [4.69, 9.17) is 22.3 Å². The Morgan fingerprint density at radius 1 is 0.804 bits per heavy atom. The zero-order chi connectivity index (χ0) is 36.8. The van der Waals surface area contributed by atoms with Crippen molar-refractivity contribution in [3.8, 4) is 0 Å². The number of allylic oxidation sites excluding steroid dienone is 6. The second kappa shape index (κ2) is 20.6. The summed E-state index contributed by atoms with van der Waals surface area (Å²) in [6.45, 7) is 0. The van der Waals surface area contributed by atoms with E-state index in [9.17, 15) is 18.4 Å². The van der Waals surface area contributed by atoms with Gasteiger partial charge in [-0.05, 0) is 131 Å². The molecule has 6 N–H and O–H groups in total. The Hall–Kier alpha value is -3.43. The fourth-order valence-corrected chi connectivity index (χ4v) is 7.61. The predicted molar refractivity (Wildman–Crippen MR) is 208 cm³/mol. The molecule has 0 fully saturated rings. The van der Waals surface area contributed by atoms with E-state index in [-0.39, 0.29) is 17.0 Å². The van der Waals surface area contributed by atoms with Crippen molar-refractivity contribution in [2.24, 2.45) is 17.8 Å². The first-order chi connectivity index (χ1) is 24.5. The van der Waals surface area contributed by atoms with Gasteiger partial charge < -0.3 is 34.8 Å². The topological polar surface area (TPSA) is 138 Å². The number of aromatic nitrogens is 4. The minimum Gasteiger partial charge on any atom is -0.423 e. The molecule has 0 spiro atoms. The SMILES string of the molecule is Fc1cccc(C2=CCCC2Cc2c[nH]c(=S)[nH]2)c1.O=CCC1CCC=C1Br.O=c1[nH]cc(CC2CCC=C2Br)[nH]1.OB(O)c1cccc(F)c1. The van der Waals surface area contributed by atoms with E-state index in [1.807, 2.05) is 12.3 Å². The number of aromatic amines is 4. The lowest BCUT2D eigenvalue weighted by molar-refractivity contribution is -0.108. The number of hydrogen-bond donors (Lipinski definition) is 6. The van der Waals surface area contributed by atoms with Gasteiger partial charge in [-0.3, -0.25) is 0 Å². The number of H-pyrrole nitrogens is 4. The average molecular weight is 846 g/mol. The second-order valence-corrected chi connectivity index (χ2v) is 14.7. The molecule has 7 rings (SSSR count). The summed E-state index contributed by atoms with van der Waals surface area (Å²) in [4.78, 5) is 32.4. The standard InChI is InChI=1S/C15H15FN2S.C9H11BrN2O.C7H9BrO.C6H6BFO2/c16-12-5-1-3-10(7-12)14-6-2-4-11(14)8-13-9-17-15(19)18-13;10-8-3-1-2-6(8)4-7-5-11-9(13)12-7;8-7-3-1-2-6(7)4-5-9;8-6-3-1-2-5(4-6)7(9)10/h1,3,5-7,9,11H,2,4,8H2,(H2,17,18,19);3,5-6H,1-2,4H2,(H2,11,12,13);3,5-6H,1-2,4H2;1-4,9-10H. The fraction of sp³-hybridized carbons (Fsp3) is 0.324. The molecule has 3 atom stereocenters. The van der Waals surface area contributed by atoms with E-state index in [0.29, 0.717) is 28.9 Å². The lowest BCUT2D eigenvalue weighted by Gasteiger charge is -2.14. The van der Waals surface area contributed by atoms with Gasteiger partial charge in [0.2, 0.25) is 0 Å². The summed E-state index contributed by atoms with van der Waals surface area (Å²) in [5.74, 6) is 0.827. The number of carbonyl (C=O) groups is 1. The number of benzene rings is 2. The van der Waals surface area contributed by atoms with Crippen molar-refractivity contribution in [1.29, 1.82) is 0 Å². The van der Waals surface area contributed by atoms with Crippen LogP contribution in [0.5, 0.6) is 0 Å². The molecular weight excluding hydrogens is 805 g/mol. The van der Waals surface area contributed by atoms with Gasteiger partial charge in [0.1, 0.15) is 17.9 Å². The van der Waals surface area contributed by atoms with Gasteiger partial charge in [0, 0.05) is 30.2 Å². The van der Waals surface area contributed by atoms with Gasteiger partial charge in [0.25, 0.3) is 0 Å². The van der Waals surface area contributed by atoms with E-state index in [1.54, 1.807) is 18.3 Å². The van der Waals surface area contributed by atoms with E-state index in [2.05, 4.69) is 70.0 Å². The summed E-state index contributed by atoms with van der Waals surface area (Å²) in [6, 6.07) is 12.0. The number of aldehydes is 1. The maximum absolute atomic E-state index is 13.3. The molecule has 3 aliphatic carbocycles. The largest absolute Gasteiger partial charge is 0.488 e. The second-order valence-electron chi connectivity index (χ2n) is 12.4. The molecule has 2 aromatic carbocycles. The fourth-order valence-electron chi connectivity index (χ4n) is 6.16. The first kappa shape index (κ1) is 40.3. The van der Waals surface area contributed by atoms with Crippen LogP contribution in [-0.4, -0.2) is 43.4 Å². The van der Waals surface area contributed by atoms with Gasteiger partial charge >= 0.3 is 12.8 Å². The van der Waals surface area contributed by atoms with Crippen LogP contribution in [0.25, 0.3) is 5.57 Å². The summed E-state index contributed by atoms with van der Waals surface area (Å²) < 4.78 is 28.8. The third-order valence-electron chi connectivity index (χ3n) is 8.73. The van der Waals surface area contributed by atoms with Crippen molar-refractivity contribution in [1.82, 2.24) is 19.9 Å². The van der Waals surface area contributed by atoms with Crippen molar-refractivity contribution in [3.63, 3.8) is 0 Å². The quantitative estimate of drug-likeness (QED) is 0.0608. The maximum Gasteiger partial charge on any atom is 0.488 e. The van der Waals surface area contributed by atoms with Crippen LogP contribution >= 0.6 is 44.1 Å². The number of carbonyl (C=O) groups excluding carboxylic acids is 1. The molecule has 0 bridgehead atoms. The Morgan fingerprint density at radius 2 is 1.39 bits per heavy atom. The molecule has 0 radical (unpaired) electrons. The highest BCUT2D eigenvalue weighted by Crippen LogP contribution is 2.36. The third-order valence-corrected chi connectivity index (χ3v) is 10.9. The predicted octanol–water partition coefficient (Wildman–Crippen LogP) is 7.95. The summed E-state index contributed by atoms with van der Waals surface area (Å²) in [6.07, 6.45) is 20.5. The number of nitrogens with one attached hydrogen (secondary N) is 4. The minimum atomic E-state index is -1.59. The third kappa shape index (κ3) is 13.2. The van der Waals surface area contributed by atoms with Crippen molar-refractivity contribution < 1.29 is 23.6 Å². The number of imidazole rings is 2. The molecule has 0 amide bonds. The Kier molecular flexibility index (Phi) is 16.3. The summed E-state index contributed by atoms with van der Waals surface area (Å²) in [7, 11) is -1.59. The van der Waals surface area contributed by atoms with E-state index >= 15 is 0 Å². The average Bonchev–Trinajstić information content (AvgIpc) is 3.96. The highest BCUT2D eigenvalue weighted by molar-refractivity contribution is 9.12. The van der Waals surface area contributed by atoms with Gasteiger partial charge in [-0.1, -0.05) is 74.4 Å². The van der Waals surface area contributed by atoms with Crippen LogP contribution in [0.1, 0.15) is 61.9 Å². The van der Waals surface area contributed by atoms with E-state index < -0.39 is 12.9 Å². The molecule has 51 heavy (non-hydrogen) atoms. The zero-order valence-corrected chi connectivity index (χ0v) is 31.9. The first-order valence-electron chi connectivity index (χ1n) is 16.8. The van der Waals surface area contributed by atoms with Crippen LogP contribution in [0.15, 0.2) is 92.9 Å². The Balaban J connectivity index is 0.000000160. The van der Waals surface area contributed by atoms with Crippen LogP contribution in [-0.2, 0) is 17.6 Å². The highest BCUT2D eigenvalue weighted by Gasteiger charge is 2.22. The zero-order valence-electron chi connectivity index (χ0n) is 27.9. The molecule has 14 heteroatoms. The molecule has 8 nitrogen and oxygen atoms in total. The Bertz CT molecular complexity index is 1940. The van der Waals surface area contributed by atoms with Gasteiger partial charge in [0.05, 0.1) is 0 Å². The van der Waals surface area contributed by atoms with Crippen LogP contribution in [0.3, 0.4) is 0 Å². The van der Waals surface area contributed by atoms with Crippen molar-refractivity contribution in [2.45, 2.75) is 57.8 Å². The van der Waals surface area contributed by atoms with Crippen LogP contribution in [0.2, 0.25) is 0 Å². The molecule has 270 valence electrons. The number of halogens is 4. The summed E-state index contributed by atoms with van der Waals surface area (Å²) in [5.41, 5.74) is 4.39. The smallest absolute Gasteiger partial charge is 0.423 e. The number of rotatable bonds is 8. The molecule has 4 aromatic rings. The normalized spacial score (nSPS) is 18.9. The van der Waals surface area contributed by atoms with E-state index in [1.165, 1.54) is 45.2 Å². The molecule has 0 saturated heterocycles. The Morgan fingerprint density at radius 3 is 1.92 bits per heavy atom. The summed E-state index contributed by atoms with van der Waals surface area (Å²) in [5, 5.41) is 17.1. The molecule has 0 saturated carbocycles. The van der Waals surface area contributed by atoms with Gasteiger partial charge in [-0.15, -0.1) is 0 Å². The number of hydrogen-bond acceptors (Lipinski definition) is 5. The molecule has 2 aromatic heterocycles. The monoisotopic (exact) mass is 844 g/mol. The molecule has 2 heterocycles. The van der Waals surface area contributed by atoms with Gasteiger partial charge in [0.15, 0.2) is 4.77 Å². The van der Waals surface area contributed by atoms with Crippen molar-refractivity contribution >= 4 is 68.5 Å². The molecule has 0 aliphatic heterocycles. The molecule has 3 unspecified atom stereocenters. The molecular formula is C37H41BBr2F2N4O4S. The minimum absolute atomic E-state index is 0.118. The molecule has 3 aliphatic rings. The highest BCUT2D eigenvalue weighted by atomic mass is 79.9. The van der Waals surface area contributed by atoms with Gasteiger partial charge in [-0.2, -0.15) is 0 Å². The summed E-state index contributed by atoms with van der Waals surface area (Å²) >= 11 is 12.0. The van der Waals surface area contributed by atoms with Crippen LogP contribution < -0.4 is 11.2 Å². The maximum atomic E-state index is 13.3. The lowest BCUT2D eigenvalue weighted by atomic mass is 9.80. The Labute approximate surface area is 318 Å². The van der Waals surface area contributed by atoms with Gasteiger partial charge in [-0.25, -0.2) is 13.6 Å².